The summed E-state index contributed by atoms with van der Waals surface area (Å²) in [5, 5.41) is 3.01. The van der Waals surface area contributed by atoms with Gasteiger partial charge in [0.1, 0.15) is 5.69 Å². The molecule has 0 atom stereocenters. The number of anilines is 1. The molecule has 0 radical (unpaired) electrons. The molecule has 1 N–H and O–H groups in total. The summed E-state index contributed by atoms with van der Waals surface area (Å²) in [5.74, 6) is 0.756. The van der Waals surface area contributed by atoms with Crippen molar-refractivity contribution in [1.29, 1.82) is 0 Å². The topological polar surface area (TPSA) is 75.9 Å². The third-order valence-electron chi connectivity index (χ3n) is 6.53. The van der Waals surface area contributed by atoms with Gasteiger partial charge < -0.3 is 14.8 Å². The number of carbonyl (C=O) groups excluding carboxylic acids is 1. The number of carbonyl (C=O) groups is 1. The monoisotopic (exact) mass is 474 g/mol. The molecule has 1 aliphatic rings. The van der Waals surface area contributed by atoms with Crippen LogP contribution < -0.4 is 10.2 Å². The van der Waals surface area contributed by atoms with Gasteiger partial charge in [0.2, 0.25) is 0 Å². The molecule has 0 spiro atoms. The molecule has 6 rings (SSSR count). The molecule has 1 aliphatic heterocycles. The van der Waals surface area contributed by atoms with Gasteiger partial charge in [0.15, 0.2) is 5.82 Å². The Bertz CT molecular complexity index is 1490. The Hall–Kier alpha value is -4.52. The minimum Gasteiger partial charge on any atom is -0.352 e. The van der Waals surface area contributed by atoms with Crippen LogP contribution in [-0.2, 0) is 19.6 Å². The third-order valence-corrected chi connectivity index (χ3v) is 6.53. The predicted octanol–water partition coefficient (Wildman–Crippen LogP) is 4.83. The zero-order valence-corrected chi connectivity index (χ0v) is 19.8. The molecule has 5 aromatic rings. The zero-order valence-electron chi connectivity index (χ0n) is 19.8. The molecule has 7 heteroatoms. The molecule has 1 amide bonds. The van der Waals surface area contributed by atoms with E-state index in [1.165, 1.54) is 11.1 Å². The summed E-state index contributed by atoms with van der Waals surface area (Å²) in [5.41, 5.74) is 6.54. The second-order valence-corrected chi connectivity index (χ2v) is 9.00. The summed E-state index contributed by atoms with van der Waals surface area (Å²) in [6.07, 6.45) is 6.29. The van der Waals surface area contributed by atoms with Crippen molar-refractivity contribution in [3.8, 4) is 11.3 Å². The lowest BCUT2D eigenvalue weighted by Crippen LogP contribution is -2.25. The average Bonchev–Trinajstić information content (AvgIpc) is 3.60. The van der Waals surface area contributed by atoms with Crippen molar-refractivity contribution in [2.75, 3.05) is 11.4 Å². The highest BCUT2D eigenvalue weighted by molar-refractivity contribution is 5.98. The van der Waals surface area contributed by atoms with Crippen molar-refractivity contribution < 1.29 is 4.79 Å². The van der Waals surface area contributed by atoms with Gasteiger partial charge in [-0.1, -0.05) is 54.6 Å². The molecule has 0 aliphatic carbocycles. The Morgan fingerprint density at radius 3 is 2.42 bits per heavy atom. The smallest absolute Gasteiger partial charge is 0.251 e. The number of benzene rings is 3. The van der Waals surface area contributed by atoms with Crippen molar-refractivity contribution in [2.45, 2.75) is 26.1 Å². The molecule has 178 valence electrons. The van der Waals surface area contributed by atoms with E-state index in [0.717, 1.165) is 48.6 Å². The van der Waals surface area contributed by atoms with Gasteiger partial charge >= 0.3 is 0 Å². The number of hydrogen-bond donors (Lipinski definition) is 1. The Morgan fingerprint density at radius 2 is 1.67 bits per heavy atom. The fourth-order valence-electron chi connectivity index (χ4n) is 4.66. The van der Waals surface area contributed by atoms with Crippen LogP contribution in [0.25, 0.3) is 22.3 Å². The Morgan fingerprint density at radius 1 is 0.889 bits per heavy atom. The van der Waals surface area contributed by atoms with E-state index in [1.54, 1.807) is 12.5 Å². The molecule has 7 nitrogen and oxygen atoms in total. The van der Waals surface area contributed by atoms with E-state index in [1.807, 2.05) is 47.2 Å². The first-order valence-electron chi connectivity index (χ1n) is 12.2. The Balaban J connectivity index is 1.28. The Kier molecular flexibility index (Phi) is 5.87. The summed E-state index contributed by atoms with van der Waals surface area (Å²) < 4.78 is 2.00. The number of rotatable bonds is 7. The predicted molar refractivity (Wildman–Crippen MR) is 140 cm³/mol. The van der Waals surface area contributed by atoms with E-state index in [2.05, 4.69) is 51.6 Å². The van der Waals surface area contributed by atoms with Crippen LogP contribution >= 0.6 is 0 Å². The van der Waals surface area contributed by atoms with Gasteiger partial charge in [-0.15, -0.1) is 0 Å². The number of imidazole rings is 1. The molecule has 3 aromatic carbocycles. The van der Waals surface area contributed by atoms with Gasteiger partial charge in [0.25, 0.3) is 5.91 Å². The minimum absolute atomic E-state index is 0.107. The van der Waals surface area contributed by atoms with Gasteiger partial charge in [0, 0.05) is 49.7 Å². The fourth-order valence-corrected chi connectivity index (χ4v) is 4.66. The molecular formula is C29H26N6O. The van der Waals surface area contributed by atoms with Crippen molar-refractivity contribution in [1.82, 2.24) is 24.8 Å². The molecule has 36 heavy (non-hydrogen) atoms. The minimum atomic E-state index is -0.107. The molecule has 0 bridgehead atoms. The SMILES string of the molecule is O=C(NCCCn1ccnc1)c1ccc2nc(N3Cc4ccccc4C3)c(-c3ccccc3)nc2c1. The first-order chi connectivity index (χ1) is 17.7. The van der Waals surface area contributed by atoms with E-state index in [-0.39, 0.29) is 5.91 Å². The first kappa shape index (κ1) is 22.0. The molecule has 2 aromatic heterocycles. The molecule has 3 heterocycles. The maximum Gasteiger partial charge on any atom is 0.251 e. The van der Waals surface area contributed by atoms with E-state index < -0.39 is 0 Å². The van der Waals surface area contributed by atoms with Crippen LogP contribution in [0, 0.1) is 0 Å². The van der Waals surface area contributed by atoms with Crippen molar-refractivity contribution in [2.24, 2.45) is 0 Å². The quantitative estimate of drug-likeness (QED) is 0.342. The normalized spacial score (nSPS) is 12.6. The van der Waals surface area contributed by atoms with Crippen molar-refractivity contribution in [3.05, 3.63) is 108 Å². The lowest BCUT2D eigenvalue weighted by molar-refractivity contribution is 0.0953. The average molecular weight is 475 g/mol. The van der Waals surface area contributed by atoms with Crippen LogP contribution in [0.2, 0.25) is 0 Å². The molecule has 0 saturated heterocycles. The highest BCUT2D eigenvalue weighted by atomic mass is 16.1. The van der Waals surface area contributed by atoms with Gasteiger partial charge in [0.05, 0.1) is 17.4 Å². The second kappa shape index (κ2) is 9.62. The highest BCUT2D eigenvalue weighted by Gasteiger charge is 2.24. The standard InChI is InChI=1S/C29H26N6O/c36-29(31-13-6-15-34-16-14-30-20-34)22-11-12-25-26(17-22)32-27(21-7-2-1-3-8-21)28(33-25)35-18-23-9-4-5-10-24(23)19-35/h1-5,7-12,14,16-17,20H,6,13,15,18-19H2,(H,31,36). The maximum absolute atomic E-state index is 12.8. The largest absolute Gasteiger partial charge is 0.352 e. The third kappa shape index (κ3) is 4.43. The van der Waals surface area contributed by atoms with E-state index in [0.29, 0.717) is 17.6 Å². The molecule has 0 saturated carbocycles. The molecule has 0 fully saturated rings. The molecular weight excluding hydrogens is 448 g/mol. The van der Waals surface area contributed by atoms with Crippen LogP contribution in [0.1, 0.15) is 27.9 Å². The summed E-state index contributed by atoms with van der Waals surface area (Å²) >= 11 is 0. The van der Waals surface area contributed by atoms with Gasteiger partial charge in [-0.2, -0.15) is 0 Å². The van der Waals surface area contributed by atoms with Crippen LogP contribution in [0.5, 0.6) is 0 Å². The number of nitrogens with zero attached hydrogens (tertiary/aromatic N) is 5. The second-order valence-electron chi connectivity index (χ2n) is 9.00. The lowest BCUT2D eigenvalue weighted by atomic mass is 10.1. The Labute approximate surface area is 209 Å². The number of aryl methyl sites for hydroxylation is 1. The van der Waals surface area contributed by atoms with Crippen molar-refractivity contribution in [3.63, 3.8) is 0 Å². The van der Waals surface area contributed by atoms with Crippen LogP contribution in [0.15, 0.2) is 91.5 Å². The number of nitrogens with one attached hydrogen (secondary N) is 1. The van der Waals surface area contributed by atoms with Crippen LogP contribution in [0.4, 0.5) is 5.82 Å². The van der Waals surface area contributed by atoms with E-state index in [9.17, 15) is 4.79 Å². The summed E-state index contributed by atoms with van der Waals surface area (Å²) in [6.45, 7) is 3.00. The number of hydrogen-bond acceptors (Lipinski definition) is 5. The van der Waals surface area contributed by atoms with Crippen LogP contribution in [-0.4, -0.2) is 32.0 Å². The van der Waals surface area contributed by atoms with Crippen molar-refractivity contribution >= 4 is 22.8 Å². The van der Waals surface area contributed by atoms with Gasteiger partial charge in [-0.25, -0.2) is 15.0 Å². The van der Waals surface area contributed by atoms with E-state index in [4.69, 9.17) is 9.97 Å². The lowest BCUT2D eigenvalue weighted by Gasteiger charge is -2.20. The summed E-state index contributed by atoms with van der Waals surface area (Å²) in [7, 11) is 0. The van der Waals surface area contributed by atoms with E-state index >= 15 is 0 Å². The molecule has 0 unspecified atom stereocenters. The van der Waals surface area contributed by atoms with Gasteiger partial charge in [-0.05, 0) is 35.7 Å². The highest BCUT2D eigenvalue weighted by Crippen LogP contribution is 2.34. The summed E-state index contributed by atoms with van der Waals surface area (Å²) in [6, 6.07) is 24.2. The fraction of sp³-hybridized carbons (Fsp3) is 0.172. The number of aromatic nitrogens is 4. The number of fused-ring (bicyclic) bond motifs is 2. The van der Waals surface area contributed by atoms with Crippen LogP contribution in [0.3, 0.4) is 0 Å². The maximum atomic E-state index is 12.8. The van der Waals surface area contributed by atoms with Gasteiger partial charge in [-0.3, -0.25) is 4.79 Å². The number of amides is 1. The zero-order chi connectivity index (χ0) is 24.3. The summed E-state index contributed by atoms with van der Waals surface area (Å²) in [4.78, 5) is 29.2. The first-order valence-corrected chi connectivity index (χ1v) is 12.2.